The topological polar surface area (TPSA) is 58.0 Å². The molecule has 2 aliphatic rings. The number of unbranched alkanes of at least 4 members (excludes halogenated alkanes) is 1. The Bertz CT molecular complexity index is 497. The van der Waals surface area contributed by atoms with Crippen molar-refractivity contribution in [3.63, 3.8) is 0 Å². The number of aromatic nitrogens is 2. The van der Waals surface area contributed by atoms with Gasteiger partial charge in [-0.3, -0.25) is 0 Å². The minimum atomic E-state index is -0.517. The molecule has 0 amide bonds. The number of aliphatic hydroxyl groups is 1. The Hall–Kier alpha value is -1.16. The smallest absolute Gasteiger partial charge is 0.159 e. The Balaban J connectivity index is 1.84. The number of anilines is 1. The third kappa shape index (κ3) is 3.60. The van der Waals surface area contributed by atoms with Crippen molar-refractivity contribution < 1.29 is 5.11 Å². The highest BCUT2D eigenvalue weighted by Gasteiger charge is 2.23. The van der Waals surface area contributed by atoms with Crippen LogP contribution >= 0.6 is 0 Å². The van der Waals surface area contributed by atoms with E-state index < -0.39 is 6.10 Å². The standard InChI is InChI=1S/C18H29N3O/c1-2-3-12-16(22)18-20-15-11-7-6-10-14(15)17(21-18)19-13-8-4-5-9-13/h13,16,22H,2-12H2,1H3,(H,19,20,21). The van der Waals surface area contributed by atoms with Gasteiger partial charge in [0.15, 0.2) is 5.82 Å². The van der Waals surface area contributed by atoms with Gasteiger partial charge in [0, 0.05) is 17.3 Å². The van der Waals surface area contributed by atoms with E-state index >= 15 is 0 Å². The zero-order chi connectivity index (χ0) is 15.4. The number of rotatable bonds is 6. The average molecular weight is 303 g/mol. The van der Waals surface area contributed by atoms with Crippen molar-refractivity contribution in [3.05, 3.63) is 17.1 Å². The summed E-state index contributed by atoms with van der Waals surface area (Å²) in [5.74, 6) is 1.65. The zero-order valence-corrected chi connectivity index (χ0v) is 13.8. The molecule has 1 saturated carbocycles. The SMILES string of the molecule is CCCCC(O)c1nc2c(c(NC3CCCC3)n1)CCCC2. The molecule has 122 valence electrons. The van der Waals surface area contributed by atoms with Crippen LogP contribution < -0.4 is 5.32 Å². The highest BCUT2D eigenvalue weighted by atomic mass is 16.3. The molecule has 1 aromatic rings. The molecule has 1 heterocycles. The molecule has 0 spiro atoms. The second-order valence-electron chi connectivity index (χ2n) is 6.85. The van der Waals surface area contributed by atoms with Crippen LogP contribution in [0.3, 0.4) is 0 Å². The number of nitrogens with one attached hydrogen (secondary N) is 1. The number of aryl methyl sites for hydroxylation is 1. The molecule has 0 aliphatic heterocycles. The Morgan fingerprint density at radius 3 is 2.68 bits per heavy atom. The Labute approximate surface area is 133 Å². The van der Waals surface area contributed by atoms with E-state index in [9.17, 15) is 5.11 Å². The predicted octanol–water partition coefficient (Wildman–Crippen LogP) is 3.93. The third-order valence-electron chi connectivity index (χ3n) is 5.03. The first-order valence-electron chi connectivity index (χ1n) is 9.12. The molecule has 1 unspecified atom stereocenters. The summed E-state index contributed by atoms with van der Waals surface area (Å²) >= 11 is 0. The lowest BCUT2D eigenvalue weighted by molar-refractivity contribution is 0.154. The molecule has 1 fully saturated rings. The van der Waals surface area contributed by atoms with Crippen LogP contribution in [0.4, 0.5) is 5.82 Å². The molecule has 0 radical (unpaired) electrons. The summed E-state index contributed by atoms with van der Waals surface area (Å²) in [6.45, 7) is 2.15. The fourth-order valence-corrected chi connectivity index (χ4v) is 3.67. The van der Waals surface area contributed by atoms with Crippen molar-refractivity contribution in [1.82, 2.24) is 9.97 Å². The summed E-state index contributed by atoms with van der Waals surface area (Å²) in [5, 5.41) is 14.0. The van der Waals surface area contributed by atoms with Crippen LogP contribution in [-0.2, 0) is 12.8 Å². The van der Waals surface area contributed by atoms with Crippen LogP contribution in [0, 0.1) is 0 Å². The van der Waals surface area contributed by atoms with Crippen molar-refractivity contribution in [1.29, 1.82) is 0 Å². The van der Waals surface area contributed by atoms with Crippen molar-refractivity contribution in [2.45, 2.75) is 89.7 Å². The zero-order valence-electron chi connectivity index (χ0n) is 13.8. The van der Waals surface area contributed by atoms with Crippen LogP contribution in [-0.4, -0.2) is 21.1 Å². The fourth-order valence-electron chi connectivity index (χ4n) is 3.67. The van der Waals surface area contributed by atoms with Crippen LogP contribution in [0.15, 0.2) is 0 Å². The number of aliphatic hydroxyl groups excluding tert-OH is 1. The van der Waals surface area contributed by atoms with Gasteiger partial charge in [0.05, 0.1) is 0 Å². The molecular weight excluding hydrogens is 274 g/mol. The van der Waals surface area contributed by atoms with Gasteiger partial charge in [-0.15, -0.1) is 0 Å². The summed E-state index contributed by atoms with van der Waals surface area (Å²) < 4.78 is 0. The third-order valence-corrected chi connectivity index (χ3v) is 5.03. The number of hydrogen-bond donors (Lipinski definition) is 2. The van der Waals surface area contributed by atoms with Crippen LogP contribution in [0.5, 0.6) is 0 Å². The normalized spacial score (nSPS) is 19.9. The summed E-state index contributed by atoms with van der Waals surface area (Å²) in [6.07, 6.45) is 12.0. The first-order chi connectivity index (χ1) is 10.8. The monoisotopic (exact) mass is 303 g/mol. The quantitative estimate of drug-likeness (QED) is 0.836. The lowest BCUT2D eigenvalue weighted by atomic mass is 9.95. The summed E-state index contributed by atoms with van der Waals surface area (Å²) in [7, 11) is 0. The molecular formula is C18H29N3O. The summed E-state index contributed by atoms with van der Waals surface area (Å²) in [6, 6.07) is 0.557. The summed E-state index contributed by atoms with van der Waals surface area (Å²) in [4.78, 5) is 9.43. The van der Waals surface area contributed by atoms with Crippen LogP contribution in [0.1, 0.15) is 87.9 Å². The molecule has 22 heavy (non-hydrogen) atoms. The maximum atomic E-state index is 10.4. The van der Waals surface area contributed by atoms with Gasteiger partial charge in [0.2, 0.25) is 0 Å². The van der Waals surface area contributed by atoms with Gasteiger partial charge in [-0.05, 0) is 44.9 Å². The van der Waals surface area contributed by atoms with Crippen molar-refractivity contribution in [2.75, 3.05) is 5.32 Å². The lowest BCUT2D eigenvalue weighted by Crippen LogP contribution is -2.21. The van der Waals surface area contributed by atoms with Crippen molar-refractivity contribution in [2.24, 2.45) is 0 Å². The second kappa shape index (κ2) is 7.40. The lowest BCUT2D eigenvalue weighted by Gasteiger charge is -2.23. The highest BCUT2D eigenvalue weighted by molar-refractivity contribution is 5.49. The molecule has 0 bridgehead atoms. The van der Waals surface area contributed by atoms with Crippen LogP contribution in [0.2, 0.25) is 0 Å². The highest BCUT2D eigenvalue weighted by Crippen LogP contribution is 2.30. The van der Waals surface area contributed by atoms with E-state index in [2.05, 4.69) is 12.2 Å². The van der Waals surface area contributed by atoms with E-state index in [1.807, 2.05) is 0 Å². The van der Waals surface area contributed by atoms with Crippen molar-refractivity contribution >= 4 is 5.82 Å². The minimum Gasteiger partial charge on any atom is -0.385 e. The van der Waals surface area contributed by atoms with E-state index in [4.69, 9.17) is 9.97 Å². The van der Waals surface area contributed by atoms with E-state index in [-0.39, 0.29) is 0 Å². The Kier molecular flexibility index (Phi) is 5.29. The molecule has 4 heteroatoms. The molecule has 3 rings (SSSR count). The number of hydrogen-bond acceptors (Lipinski definition) is 4. The largest absolute Gasteiger partial charge is 0.385 e. The molecule has 0 saturated heterocycles. The average Bonchev–Trinajstić information content (AvgIpc) is 3.05. The van der Waals surface area contributed by atoms with Gasteiger partial charge in [0.25, 0.3) is 0 Å². The maximum Gasteiger partial charge on any atom is 0.159 e. The van der Waals surface area contributed by atoms with Gasteiger partial charge >= 0.3 is 0 Å². The minimum absolute atomic E-state index is 0.517. The van der Waals surface area contributed by atoms with Gasteiger partial charge in [-0.25, -0.2) is 9.97 Å². The molecule has 1 aromatic heterocycles. The van der Waals surface area contributed by atoms with Gasteiger partial charge in [-0.2, -0.15) is 0 Å². The number of fused-ring (bicyclic) bond motifs is 1. The molecule has 2 aliphatic carbocycles. The van der Waals surface area contributed by atoms with E-state index in [0.717, 1.165) is 37.9 Å². The number of nitrogens with zero attached hydrogens (tertiary/aromatic N) is 2. The van der Waals surface area contributed by atoms with Gasteiger partial charge in [-0.1, -0.05) is 32.6 Å². The summed E-state index contributed by atoms with van der Waals surface area (Å²) in [5.41, 5.74) is 2.48. The molecule has 4 nitrogen and oxygen atoms in total. The fraction of sp³-hybridized carbons (Fsp3) is 0.778. The van der Waals surface area contributed by atoms with Crippen molar-refractivity contribution in [3.8, 4) is 0 Å². The van der Waals surface area contributed by atoms with E-state index in [1.165, 1.54) is 49.8 Å². The van der Waals surface area contributed by atoms with Gasteiger partial charge < -0.3 is 10.4 Å². The molecule has 2 N–H and O–H groups in total. The Morgan fingerprint density at radius 2 is 1.91 bits per heavy atom. The van der Waals surface area contributed by atoms with Gasteiger partial charge in [0.1, 0.15) is 11.9 Å². The van der Waals surface area contributed by atoms with E-state index in [1.54, 1.807) is 0 Å². The Morgan fingerprint density at radius 1 is 1.14 bits per heavy atom. The first-order valence-corrected chi connectivity index (χ1v) is 9.12. The second-order valence-corrected chi connectivity index (χ2v) is 6.85. The van der Waals surface area contributed by atoms with E-state index in [0.29, 0.717) is 11.9 Å². The molecule has 0 aromatic carbocycles. The maximum absolute atomic E-state index is 10.4. The predicted molar refractivity (Wildman–Crippen MR) is 89.0 cm³/mol. The first kappa shape index (κ1) is 15.7. The van der Waals surface area contributed by atoms with Crippen LogP contribution in [0.25, 0.3) is 0 Å². The molecule has 1 atom stereocenters.